The van der Waals surface area contributed by atoms with Crippen molar-refractivity contribution in [2.75, 3.05) is 10.6 Å². The summed E-state index contributed by atoms with van der Waals surface area (Å²) >= 11 is 0. The Kier molecular flexibility index (Phi) is 6.64. The molecule has 7 heteroatoms. The van der Waals surface area contributed by atoms with Crippen LogP contribution in [0.3, 0.4) is 0 Å². The monoisotopic (exact) mass is 406 g/mol. The molecule has 1 aromatic heterocycles. The molecule has 154 valence electrons. The standard InChI is InChI=1S/C23H22N2O5/c1-15(26)17-9-11-18(12-10-17)25-22(27)16(2)30-23(28)20-7-3-4-8-21(20)24-14-19-6-5-13-29-19/h3-13,16,24H,14H2,1-2H3,(H,25,27)/t16-/m0/s1. The number of ether oxygens (including phenoxy) is 1. The van der Waals surface area contributed by atoms with Crippen LogP contribution in [-0.4, -0.2) is 23.8 Å². The maximum absolute atomic E-state index is 12.6. The number of hydrogen-bond donors (Lipinski definition) is 2. The van der Waals surface area contributed by atoms with E-state index in [0.717, 1.165) is 5.76 Å². The molecule has 0 unspecified atom stereocenters. The predicted octanol–water partition coefficient (Wildman–Crippen LogP) is 4.28. The minimum Gasteiger partial charge on any atom is -0.467 e. The fraction of sp³-hybridized carbons (Fsp3) is 0.174. The predicted molar refractivity (Wildman–Crippen MR) is 112 cm³/mol. The average molecular weight is 406 g/mol. The Morgan fingerprint density at radius 2 is 1.73 bits per heavy atom. The summed E-state index contributed by atoms with van der Waals surface area (Å²) in [5, 5.41) is 5.80. The van der Waals surface area contributed by atoms with E-state index < -0.39 is 18.0 Å². The van der Waals surface area contributed by atoms with Gasteiger partial charge in [0.15, 0.2) is 11.9 Å². The van der Waals surface area contributed by atoms with Gasteiger partial charge >= 0.3 is 5.97 Å². The smallest absolute Gasteiger partial charge is 0.341 e. The minimum absolute atomic E-state index is 0.0607. The number of furan rings is 1. The third-order valence-electron chi connectivity index (χ3n) is 4.39. The summed E-state index contributed by atoms with van der Waals surface area (Å²) in [6.07, 6.45) is 0.564. The largest absolute Gasteiger partial charge is 0.467 e. The number of benzene rings is 2. The second kappa shape index (κ2) is 9.56. The van der Waals surface area contributed by atoms with Gasteiger partial charge in [0.2, 0.25) is 0 Å². The number of hydrogen-bond acceptors (Lipinski definition) is 6. The average Bonchev–Trinajstić information content (AvgIpc) is 3.26. The molecule has 2 N–H and O–H groups in total. The van der Waals surface area contributed by atoms with Crippen LogP contribution in [0.2, 0.25) is 0 Å². The molecule has 0 aliphatic heterocycles. The van der Waals surface area contributed by atoms with E-state index in [2.05, 4.69) is 10.6 Å². The highest BCUT2D eigenvalue weighted by molar-refractivity contribution is 6.00. The highest BCUT2D eigenvalue weighted by Gasteiger charge is 2.21. The second-order valence-corrected chi connectivity index (χ2v) is 6.65. The number of rotatable bonds is 8. The molecule has 3 aromatic rings. The van der Waals surface area contributed by atoms with Gasteiger partial charge in [-0.25, -0.2) is 4.79 Å². The molecule has 0 saturated heterocycles. The minimum atomic E-state index is -1.01. The first-order valence-electron chi connectivity index (χ1n) is 9.42. The lowest BCUT2D eigenvalue weighted by atomic mass is 10.1. The van der Waals surface area contributed by atoms with Crippen molar-refractivity contribution in [3.05, 3.63) is 83.8 Å². The molecule has 2 aromatic carbocycles. The van der Waals surface area contributed by atoms with E-state index in [4.69, 9.17) is 9.15 Å². The molecule has 1 amide bonds. The number of ketones is 1. The number of Topliss-reactive ketones (excluding diaryl/α,β-unsaturated/α-hetero) is 1. The van der Waals surface area contributed by atoms with E-state index in [1.165, 1.54) is 13.8 Å². The van der Waals surface area contributed by atoms with Gasteiger partial charge < -0.3 is 19.8 Å². The molecule has 0 radical (unpaired) electrons. The number of carbonyl (C=O) groups is 3. The summed E-state index contributed by atoms with van der Waals surface area (Å²) in [4.78, 5) is 36.3. The van der Waals surface area contributed by atoms with Crippen LogP contribution in [0.4, 0.5) is 11.4 Å². The van der Waals surface area contributed by atoms with E-state index in [-0.39, 0.29) is 5.78 Å². The van der Waals surface area contributed by atoms with Crippen LogP contribution in [-0.2, 0) is 16.1 Å². The highest BCUT2D eigenvalue weighted by Crippen LogP contribution is 2.19. The first kappa shape index (κ1) is 20.9. The topological polar surface area (TPSA) is 97.6 Å². The molecular formula is C23H22N2O5. The summed E-state index contributed by atoms with van der Waals surface area (Å²) in [5.41, 5.74) is 1.94. The molecule has 3 rings (SSSR count). The van der Waals surface area contributed by atoms with Crippen molar-refractivity contribution >= 4 is 29.0 Å². The highest BCUT2D eigenvalue weighted by atomic mass is 16.5. The van der Waals surface area contributed by atoms with Gasteiger partial charge in [-0.2, -0.15) is 0 Å². The SMILES string of the molecule is CC(=O)c1ccc(NC(=O)[C@H](C)OC(=O)c2ccccc2NCc2ccco2)cc1. The molecule has 0 aliphatic rings. The summed E-state index contributed by atoms with van der Waals surface area (Å²) in [7, 11) is 0. The van der Waals surface area contributed by atoms with Crippen LogP contribution < -0.4 is 10.6 Å². The molecule has 0 spiro atoms. The third-order valence-corrected chi connectivity index (χ3v) is 4.39. The summed E-state index contributed by atoms with van der Waals surface area (Å²) in [6.45, 7) is 3.37. The number of anilines is 2. The normalized spacial score (nSPS) is 11.4. The van der Waals surface area contributed by atoms with Crippen molar-refractivity contribution in [3.63, 3.8) is 0 Å². The molecule has 0 aliphatic carbocycles. The van der Waals surface area contributed by atoms with Crippen molar-refractivity contribution < 1.29 is 23.5 Å². The Labute approximate surface area is 174 Å². The quantitative estimate of drug-likeness (QED) is 0.428. The number of nitrogens with one attached hydrogen (secondary N) is 2. The summed E-state index contributed by atoms with van der Waals surface area (Å²) < 4.78 is 10.6. The molecule has 0 fully saturated rings. The number of esters is 1. The Balaban J connectivity index is 1.60. The Morgan fingerprint density at radius 1 is 1.00 bits per heavy atom. The van der Waals surface area contributed by atoms with Crippen LogP contribution in [0.5, 0.6) is 0 Å². The third kappa shape index (κ3) is 5.35. The van der Waals surface area contributed by atoms with Crippen molar-refractivity contribution in [1.82, 2.24) is 0 Å². The van der Waals surface area contributed by atoms with E-state index >= 15 is 0 Å². The number of carbonyl (C=O) groups excluding carboxylic acids is 3. The van der Waals surface area contributed by atoms with Crippen molar-refractivity contribution in [1.29, 1.82) is 0 Å². The van der Waals surface area contributed by atoms with Crippen LogP contribution in [0.25, 0.3) is 0 Å². The zero-order chi connectivity index (χ0) is 21.5. The maximum atomic E-state index is 12.6. The number of amides is 1. The summed E-state index contributed by atoms with van der Waals surface area (Å²) in [5.74, 6) is -0.428. The Morgan fingerprint density at radius 3 is 2.40 bits per heavy atom. The van der Waals surface area contributed by atoms with E-state index in [9.17, 15) is 14.4 Å². The second-order valence-electron chi connectivity index (χ2n) is 6.65. The van der Waals surface area contributed by atoms with Gasteiger partial charge in [-0.15, -0.1) is 0 Å². The van der Waals surface area contributed by atoms with Crippen LogP contribution in [0.1, 0.15) is 40.3 Å². The van der Waals surface area contributed by atoms with Gasteiger partial charge in [0.05, 0.1) is 18.4 Å². The Bertz CT molecular complexity index is 1030. The van der Waals surface area contributed by atoms with Gasteiger partial charge in [0.1, 0.15) is 5.76 Å². The molecule has 7 nitrogen and oxygen atoms in total. The van der Waals surface area contributed by atoms with Crippen molar-refractivity contribution in [2.24, 2.45) is 0 Å². The van der Waals surface area contributed by atoms with Crippen LogP contribution in [0, 0.1) is 0 Å². The lowest BCUT2D eigenvalue weighted by molar-refractivity contribution is -0.123. The van der Waals surface area contributed by atoms with E-state index in [1.807, 2.05) is 6.07 Å². The van der Waals surface area contributed by atoms with Gasteiger partial charge in [-0.1, -0.05) is 12.1 Å². The molecule has 1 heterocycles. The van der Waals surface area contributed by atoms with Crippen molar-refractivity contribution in [3.8, 4) is 0 Å². The van der Waals surface area contributed by atoms with E-state index in [1.54, 1.807) is 60.9 Å². The Hall–Kier alpha value is -3.87. The zero-order valence-electron chi connectivity index (χ0n) is 16.7. The van der Waals surface area contributed by atoms with Gasteiger partial charge in [0.25, 0.3) is 5.91 Å². The van der Waals surface area contributed by atoms with Gasteiger partial charge in [-0.3, -0.25) is 9.59 Å². The molecule has 1 atom stereocenters. The fourth-order valence-corrected chi connectivity index (χ4v) is 2.72. The molecule has 30 heavy (non-hydrogen) atoms. The maximum Gasteiger partial charge on any atom is 0.341 e. The first-order valence-corrected chi connectivity index (χ1v) is 9.42. The lowest BCUT2D eigenvalue weighted by Gasteiger charge is -2.15. The fourth-order valence-electron chi connectivity index (χ4n) is 2.72. The van der Waals surface area contributed by atoms with Gasteiger partial charge in [0, 0.05) is 16.9 Å². The molecule has 0 saturated carbocycles. The molecular weight excluding hydrogens is 384 g/mol. The summed E-state index contributed by atoms with van der Waals surface area (Å²) in [6, 6.07) is 17.0. The van der Waals surface area contributed by atoms with Crippen molar-refractivity contribution in [2.45, 2.75) is 26.5 Å². The number of para-hydroxylation sites is 1. The van der Waals surface area contributed by atoms with Crippen LogP contribution in [0.15, 0.2) is 71.3 Å². The molecule has 0 bridgehead atoms. The first-order chi connectivity index (χ1) is 14.4. The van der Waals surface area contributed by atoms with Gasteiger partial charge in [-0.05, 0) is 62.4 Å². The lowest BCUT2D eigenvalue weighted by Crippen LogP contribution is -2.30. The van der Waals surface area contributed by atoms with Crippen LogP contribution >= 0.6 is 0 Å². The van der Waals surface area contributed by atoms with E-state index in [0.29, 0.717) is 29.0 Å². The zero-order valence-corrected chi connectivity index (χ0v) is 16.7.